The summed E-state index contributed by atoms with van der Waals surface area (Å²) in [5.41, 5.74) is 0. The SMILES string of the molecule is CCCCC[NH+](C)CCN(C)C. The minimum Gasteiger partial charge on any atom is -0.336 e. The van der Waals surface area contributed by atoms with Gasteiger partial charge in [0.05, 0.1) is 20.1 Å². The molecule has 74 valence electrons. The van der Waals surface area contributed by atoms with Crippen LogP contribution in [0.25, 0.3) is 0 Å². The van der Waals surface area contributed by atoms with Gasteiger partial charge in [0, 0.05) is 6.54 Å². The molecular formula is C10H25N2+. The molecule has 1 unspecified atom stereocenters. The maximum absolute atomic E-state index is 2.29. The summed E-state index contributed by atoms with van der Waals surface area (Å²) >= 11 is 0. The van der Waals surface area contributed by atoms with Crippen molar-refractivity contribution in [2.45, 2.75) is 26.2 Å². The van der Waals surface area contributed by atoms with Gasteiger partial charge in [-0.25, -0.2) is 0 Å². The fourth-order valence-corrected chi connectivity index (χ4v) is 1.22. The second kappa shape index (κ2) is 7.56. The van der Waals surface area contributed by atoms with E-state index in [1.807, 2.05) is 0 Å². The summed E-state index contributed by atoms with van der Waals surface area (Å²) in [7, 11) is 6.57. The molecule has 0 aromatic carbocycles. The van der Waals surface area contributed by atoms with E-state index in [2.05, 4.69) is 33.0 Å². The lowest BCUT2D eigenvalue weighted by Crippen LogP contribution is -3.09. The van der Waals surface area contributed by atoms with Crippen LogP contribution in [-0.2, 0) is 0 Å². The highest BCUT2D eigenvalue weighted by Crippen LogP contribution is 1.88. The van der Waals surface area contributed by atoms with Gasteiger partial charge < -0.3 is 9.80 Å². The van der Waals surface area contributed by atoms with E-state index in [0.717, 1.165) is 0 Å². The number of rotatable bonds is 7. The van der Waals surface area contributed by atoms with Crippen molar-refractivity contribution < 1.29 is 4.90 Å². The molecule has 0 radical (unpaired) electrons. The molecule has 0 rings (SSSR count). The molecule has 0 saturated heterocycles. The molecule has 0 saturated carbocycles. The minimum absolute atomic E-state index is 1.21. The first-order valence-corrected chi connectivity index (χ1v) is 5.12. The third-order valence-electron chi connectivity index (χ3n) is 2.19. The van der Waals surface area contributed by atoms with Gasteiger partial charge in [0.15, 0.2) is 0 Å². The number of hydrogen-bond acceptors (Lipinski definition) is 1. The molecule has 1 N–H and O–H groups in total. The van der Waals surface area contributed by atoms with E-state index >= 15 is 0 Å². The molecule has 0 aliphatic rings. The molecule has 0 fully saturated rings. The Balaban J connectivity index is 3.15. The van der Waals surface area contributed by atoms with Crippen LogP contribution in [0.3, 0.4) is 0 Å². The average Bonchev–Trinajstić information content (AvgIpc) is 2.01. The highest BCUT2D eigenvalue weighted by molar-refractivity contribution is 4.39. The third kappa shape index (κ3) is 8.02. The van der Waals surface area contributed by atoms with Crippen LogP contribution >= 0.6 is 0 Å². The van der Waals surface area contributed by atoms with Crippen LogP contribution in [0.2, 0.25) is 0 Å². The number of hydrogen-bond donors (Lipinski definition) is 1. The Kier molecular flexibility index (Phi) is 7.51. The van der Waals surface area contributed by atoms with Crippen molar-refractivity contribution in [2.24, 2.45) is 0 Å². The molecule has 0 heterocycles. The summed E-state index contributed by atoms with van der Waals surface area (Å²) in [4.78, 5) is 3.92. The van der Waals surface area contributed by atoms with Gasteiger partial charge in [0.1, 0.15) is 0 Å². The van der Waals surface area contributed by atoms with Crippen LogP contribution in [0.1, 0.15) is 26.2 Å². The predicted octanol–water partition coefficient (Wildman–Crippen LogP) is 0.253. The van der Waals surface area contributed by atoms with Crippen molar-refractivity contribution in [2.75, 3.05) is 40.8 Å². The van der Waals surface area contributed by atoms with Crippen LogP contribution in [0.5, 0.6) is 0 Å². The second-order valence-corrected chi connectivity index (χ2v) is 3.97. The zero-order valence-electron chi connectivity index (χ0n) is 9.19. The smallest absolute Gasteiger partial charge is 0.0897 e. The summed E-state index contributed by atoms with van der Waals surface area (Å²) < 4.78 is 0. The quantitative estimate of drug-likeness (QED) is 0.542. The number of nitrogens with zero attached hydrogens (tertiary/aromatic N) is 1. The first kappa shape index (κ1) is 11.9. The largest absolute Gasteiger partial charge is 0.336 e. The van der Waals surface area contributed by atoms with Gasteiger partial charge in [-0.15, -0.1) is 0 Å². The van der Waals surface area contributed by atoms with E-state index < -0.39 is 0 Å². The molecule has 2 nitrogen and oxygen atoms in total. The number of unbranched alkanes of at least 4 members (excludes halogenated alkanes) is 2. The van der Waals surface area contributed by atoms with Gasteiger partial charge in [-0.2, -0.15) is 0 Å². The van der Waals surface area contributed by atoms with Crippen LogP contribution in [0, 0.1) is 0 Å². The molecule has 0 aliphatic carbocycles. The lowest BCUT2D eigenvalue weighted by molar-refractivity contribution is -0.879. The van der Waals surface area contributed by atoms with E-state index in [0.29, 0.717) is 0 Å². The fraction of sp³-hybridized carbons (Fsp3) is 1.00. The van der Waals surface area contributed by atoms with E-state index in [9.17, 15) is 0 Å². The van der Waals surface area contributed by atoms with Gasteiger partial charge in [-0.05, 0) is 26.9 Å². The first-order chi connectivity index (χ1) is 5.66. The molecule has 0 bridgehead atoms. The molecule has 0 spiro atoms. The Morgan fingerprint density at radius 1 is 1.08 bits per heavy atom. The summed E-state index contributed by atoms with van der Waals surface area (Å²) in [5.74, 6) is 0. The summed E-state index contributed by atoms with van der Waals surface area (Å²) in [5, 5.41) is 0. The highest BCUT2D eigenvalue weighted by atomic mass is 15.1. The van der Waals surface area contributed by atoms with Gasteiger partial charge in [-0.3, -0.25) is 0 Å². The van der Waals surface area contributed by atoms with Gasteiger partial charge in [0.2, 0.25) is 0 Å². The molecular weight excluding hydrogens is 148 g/mol. The Labute approximate surface area is 77.5 Å². The Bertz CT molecular complexity index is 91.8. The van der Waals surface area contributed by atoms with Crippen LogP contribution in [0.4, 0.5) is 0 Å². The zero-order chi connectivity index (χ0) is 9.40. The van der Waals surface area contributed by atoms with Crippen LogP contribution < -0.4 is 4.90 Å². The normalized spacial score (nSPS) is 13.8. The van der Waals surface area contributed by atoms with E-state index in [1.54, 1.807) is 4.90 Å². The first-order valence-electron chi connectivity index (χ1n) is 5.12. The molecule has 0 aromatic rings. The highest BCUT2D eigenvalue weighted by Gasteiger charge is 2.00. The summed E-state index contributed by atoms with van der Waals surface area (Å²) in [6.07, 6.45) is 4.11. The molecule has 0 aromatic heterocycles. The minimum atomic E-state index is 1.21. The van der Waals surface area contributed by atoms with Crippen molar-refractivity contribution >= 4 is 0 Å². The Morgan fingerprint density at radius 2 is 1.75 bits per heavy atom. The van der Waals surface area contributed by atoms with Crippen LogP contribution in [-0.4, -0.2) is 45.7 Å². The summed E-state index contributed by atoms with van der Waals surface area (Å²) in [6.45, 7) is 6.07. The van der Waals surface area contributed by atoms with Gasteiger partial charge in [0.25, 0.3) is 0 Å². The third-order valence-corrected chi connectivity index (χ3v) is 2.19. The zero-order valence-corrected chi connectivity index (χ0v) is 9.19. The Morgan fingerprint density at radius 3 is 2.25 bits per heavy atom. The van der Waals surface area contributed by atoms with Crippen molar-refractivity contribution in [3.05, 3.63) is 0 Å². The van der Waals surface area contributed by atoms with Crippen LogP contribution in [0.15, 0.2) is 0 Å². The lowest BCUT2D eigenvalue weighted by Gasteiger charge is -2.16. The fourth-order valence-electron chi connectivity index (χ4n) is 1.22. The second-order valence-electron chi connectivity index (χ2n) is 3.97. The molecule has 2 heteroatoms. The topological polar surface area (TPSA) is 7.68 Å². The standard InChI is InChI=1S/C10H24N2/c1-5-6-7-8-12(4)10-9-11(2)3/h5-10H2,1-4H3/p+1. The molecule has 0 amide bonds. The van der Waals surface area contributed by atoms with E-state index in [-0.39, 0.29) is 0 Å². The van der Waals surface area contributed by atoms with Crippen molar-refractivity contribution in [1.29, 1.82) is 0 Å². The van der Waals surface area contributed by atoms with Crippen molar-refractivity contribution in [1.82, 2.24) is 4.90 Å². The monoisotopic (exact) mass is 173 g/mol. The maximum atomic E-state index is 2.29. The van der Waals surface area contributed by atoms with E-state index in [1.165, 1.54) is 38.9 Å². The molecule has 1 atom stereocenters. The predicted molar refractivity (Wildman–Crippen MR) is 54.7 cm³/mol. The average molecular weight is 173 g/mol. The maximum Gasteiger partial charge on any atom is 0.0897 e. The van der Waals surface area contributed by atoms with Gasteiger partial charge >= 0.3 is 0 Å². The molecule has 12 heavy (non-hydrogen) atoms. The number of nitrogens with one attached hydrogen (secondary N) is 1. The summed E-state index contributed by atoms with van der Waals surface area (Å²) in [6, 6.07) is 0. The number of likely N-dealkylation sites (N-methyl/N-ethyl adjacent to an activating group) is 2. The number of quaternary nitrogens is 1. The van der Waals surface area contributed by atoms with Gasteiger partial charge in [-0.1, -0.05) is 13.3 Å². The van der Waals surface area contributed by atoms with E-state index in [4.69, 9.17) is 0 Å². The van der Waals surface area contributed by atoms with Crippen molar-refractivity contribution in [3.63, 3.8) is 0 Å². The molecule has 0 aliphatic heterocycles. The lowest BCUT2D eigenvalue weighted by atomic mass is 10.2. The Hall–Kier alpha value is -0.0800. The van der Waals surface area contributed by atoms with Crippen molar-refractivity contribution in [3.8, 4) is 0 Å².